The van der Waals surface area contributed by atoms with Crippen molar-refractivity contribution in [2.45, 2.75) is 58.5 Å². The van der Waals surface area contributed by atoms with E-state index >= 15 is 0 Å². The number of nitrogens with zero attached hydrogens (tertiary/aromatic N) is 3. The van der Waals surface area contributed by atoms with Crippen LogP contribution in [0.3, 0.4) is 0 Å². The third-order valence-electron chi connectivity index (χ3n) is 4.24. The van der Waals surface area contributed by atoms with E-state index in [0.29, 0.717) is 24.2 Å². The average Bonchev–Trinajstić information content (AvgIpc) is 3.18. The van der Waals surface area contributed by atoms with Crippen LogP contribution < -0.4 is 5.32 Å². The molecule has 1 aliphatic rings. The van der Waals surface area contributed by atoms with Gasteiger partial charge in [0.15, 0.2) is 5.82 Å². The Bertz CT molecular complexity index is 656. The maximum atomic E-state index is 5.49. The van der Waals surface area contributed by atoms with Crippen LogP contribution in [0.2, 0.25) is 0 Å². The Hall–Kier alpha value is -1.31. The van der Waals surface area contributed by atoms with Crippen LogP contribution in [-0.4, -0.2) is 28.3 Å². The van der Waals surface area contributed by atoms with E-state index in [-0.39, 0.29) is 11.5 Å². The van der Waals surface area contributed by atoms with Crippen LogP contribution in [0.15, 0.2) is 9.90 Å². The van der Waals surface area contributed by atoms with Gasteiger partial charge in [-0.05, 0) is 25.7 Å². The number of aryl methyl sites for hydroxylation is 1. The molecule has 1 saturated heterocycles. The van der Waals surface area contributed by atoms with Crippen molar-refractivity contribution in [3.05, 3.63) is 27.8 Å². The van der Waals surface area contributed by atoms with Gasteiger partial charge in [0.25, 0.3) is 0 Å². The standard InChI is InChI=1S/C17H26N4O2S/c1-11-19-15(23-21-11)14(12-5-7-22-8-6-12)18-9-13-10-24-16(20-13)17(2,3)4/h10,12,14,18H,5-9H2,1-4H3. The van der Waals surface area contributed by atoms with E-state index in [1.165, 1.54) is 0 Å². The minimum atomic E-state index is 0.0508. The van der Waals surface area contributed by atoms with Crippen molar-refractivity contribution < 1.29 is 9.26 Å². The molecular weight excluding hydrogens is 324 g/mol. The highest BCUT2D eigenvalue weighted by Crippen LogP contribution is 2.30. The molecule has 0 spiro atoms. The zero-order chi connectivity index (χ0) is 17.2. The first-order valence-electron chi connectivity index (χ1n) is 8.49. The van der Waals surface area contributed by atoms with Crippen LogP contribution in [0.4, 0.5) is 0 Å². The van der Waals surface area contributed by atoms with Gasteiger partial charge in [0.1, 0.15) is 0 Å². The molecule has 3 rings (SSSR count). The number of aromatic nitrogens is 3. The van der Waals surface area contributed by atoms with Gasteiger partial charge in [-0.3, -0.25) is 5.32 Å². The van der Waals surface area contributed by atoms with Gasteiger partial charge in [-0.15, -0.1) is 11.3 Å². The van der Waals surface area contributed by atoms with Gasteiger partial charge in [-0.2, -0.15) is 4.98 Å². The highest BCUT2D eigenvalue weighted by molar-refractivity contribution is 7.09. The fourth-order valence-electron chi connectivity index (χ4n) is 2.89. The molecule has 132 valence electrons. The Balaban J connectivity index is 1.71. The van der Waals surface area contributed by atoms with E-state index in [4.69, 9.17) is 14.2 Å². The van der Waals surface area contributed by atoms with E-state index in [9.17, 15) is 0 Å². The van der Waals surface area contributed by atoms with Gasteiger partial charge in [0.05, 0.1) is 16.7 Å². The van der Waals surface area contributed by atoms with Crippen molar-refractivity contribution in [1.82, 2.24) is 20.4 Å². The predicted octanol–water partition coefficient (Wildman–Crippen LogP) is 3.39. The number of hydrogen-bond acceptors (Lipinski definition) is 7. The second-order valence-corrected chi connectivity index (χ2v) is 8.24. The lowest BCUT2D eigenvalue weighted by Gasteiger charge is -2.28. The monoisotopic (exact) mass is 350 g/mol. The van der Waals surface area contributed by atoms with Crippen LogP contribution in [0.5, 0.6) is 0 Å². The van der Waals surface area contributed by atoms with Crippen LogP contribution in [0.25, 0.3) is 0 Å². The SMILES string of the molecule is Cc1noc(C(NCc2csc(C(C)(C)C)n2)C2CCOCC2)n1. The lowest BCUT2D eigenvalue weighted by Crippen LogP contribution is -2.32. The zero-order valence-corrected chi connectivity index (χ0v) is 15.7. The second-order valence-electron chi connectivity index (χ2n) is 7.38. The molecule has 2 aromatic heterocycles. The summed E-state index contributed by atoms with van der Waals surface area (Å²) < 4.78 is 10.9. The number of thiazole rings is 1. The summed E-state index contributed by atoms with van der Waals surface area (Å²) >= 11 is 1.72. The quantitative estimate of drug-likeness (QED) is 0.891. The highest BCUT2D eigenvalue weighted by atomic mass is 32.1. The fraction of sp³-hybridized carbons (Fsp3) is 0.706. The molecule has 24 heavy (non-hydrogen) atoms. The number of hydrogen-bond donors (Lipinski definition) is 1. The van der Waals surface area contributed by atoms with E-state index < -0.39 is 0 Å². The van der Waals surface area contributed by atoms with Gasteiger partial charge in [0.2, 0.25) is 5.89 Å². The topological polar surface area (TPSA) is 73.1 Å². The summed E-state index contributed by atoms with van der Waals surface area (Å²) in [5.41, 5.74) is 1.16. The van der Waals surface area contributed by atoms with Gasteiger partial charge in [-0.1, -0.05) is 25.9 Å². The summed E-state index contributed by atoms with van der Waals surface area (Å²) in [6.07, 6.45) is 2.01. The zero-order valence-electron chi connectivity index (χ0n) is 14.8. The molecule has 1 N–H and O–H groups in total. The minimum Gasteiger partial charge on any atom is -0.381 e. The Morgan fingerprint density at radius 3 is 2.62 bits per heavy atom. The molecule has 1 unspecified atom stereocenters. The lowest BCUT2D eigenvalue weighted by molar-refractivity contribution is 0.0485. The van der Waals surface area contributed by atoms with Crippen LogP contribution in [0, 0.1) is 12.8 Å². The molecule has 7 heteroatoms. The third kappa shape index (κ3) is 4.20. The summed E-state index contributed by atoms with van der Waals surface area (Å²) in [5.74, 6) is 1.79. The molecule has 0 radical (unpaired) electrons. The van der Waals surface area contributed by atoms with Crippen molar-refractivity contribution >= 4 is 11.3 Å². The first-order valence-corrected chi connectivity index (χ1v) is 9.37. The van der Waals surface area contributed by atoms with Gasteiger partial charge >= 0.3 is 0 Å². The summed E-state index contributed by atoms with van der Waals surface area (Å²) in [6, 6.07) is 0.0508. The summed E-state index contributed by atoms with van der Waals surface area (Å²) in [7, 11) is 0. The Morgan fingerprint density at radius 1 is 1.29 bits per heavy atom. The van der Waals surface area contributed by atoms with Gasteiger partial charge < -0.3 is 9.26 Å². The summed E-state index contributed by atoms with van der Waals surface area (Å²) in [4.78, 5) is 9.21. The molecule has 0 saturated carbocycles. The Kier molecular flexibility index (Phi) is 5.32. The normalized spacial score (nSPS) is 18.0. The van der Waals surface area contributed by atoms with Crippen molar-refractivity contribution in [2.75, 3.05) is 13.2 Å². The molecule has 0 bridgehead atoms. The van der Waals surface area contributed by atoms with Crippen LogP contribution in [0.1, 0.15) is 62.1 Å². The molecular formula is C17H26N4O2S. The maximum absolute atomic E-state index is 5.49. The molecule has 0 aliphatic carbocycles. The molecule has 1 fully saturated rings. The average molecular weight is 350 g/mol. The first-order chi connectivity index (χ1) is 11.4. The largest absolute Gasteiger partial charge is 0.381 e. The Labute approximate surface area is 147 Å². The van der Waals surface area contributed by atoms with Crippen molar-refractivity contribution in [1.29, 1.82) is 0 Å². The van der Waals surface area contributed by atoms with Gasteiger partial charge in [0, 0.05) is 30.6 Å². The number of rotatable bonds is 5. The predicted molar refractivity (Wildman–Crippen MR) is 93.0 cm³/mol. The fourth-order valence-corrected chi connectivity index (χ4v) is 3.80. The van der Waals surface area contributed by atoms with Gasteiger partial charge in [-0.25, -0.2) is 4.98 Å². The molecule has 3 heterocycles. The third-order valence-corrected chi connectivity index (χ3v) is 5.56. The lowest BCUT2D eigenvalue weighted by atomic mass is 9.91. The molecule has 0 aromatic carbocycles. The smallest absolute Gasteiger partial charge is 0.244 e. The van der Waals surface area contributed by atoms with Crippen molar-refractivity contribution in [3.8, 4) is 0 Å². The van der Waals surface area contributed by atoms with Crippen molar-refractivity contribution in [2.24, 2.45) is 5.92 Å². The van der Waals surface area contributed by atoms with Crippen LogP contribution >= 0.6 is 11.3 Å². The molecule has 2 aromatic rings. The molecule has 6 nitrogen and oxygen atoms in total. The number of nitrogens with one attached hydrogen (secondary N) is 1. The molecule has 0 amide bonds. The maximum Gasteiger partial charge on any atom is 0.244 e. The highest BCUT2D eigenvalue weighted by Gasteiger charge is 2.29. The van der Waals surface area contributed by atoms with E-state index in [1.54, 1.807) is 11.3 Å². The molecule has 1 aliphatic heterocycles. The van der Waals surface area contributed by atoms with Crippen LogP contribution in [-0.2, 0) is 16.7 Å². The Morgan fingerprint density at radius 2 is 2.04 bits per heavy atom. The summed E-state index contributed by atoms with van der Waals surface area (Å²) in [5, 5.41) is 10.8. The van der Waals surface area contributed by atoms with Crippen molar-refractivity contribution in [3.63, 3.8) is 0 Å². The van der Waals surface area contributed by atoms with E-state index in [2.05, 4.69) is 41.6 Å². The second kappa shape index (κ2) is 7.29. The van der Waals surface area contributed by atoms with E-state index in [1.807, 2.05) is 6.92 Å². The first kappa shape index (κ1) is 17.5. The number of ether oxygens (including phenoxy) is 1. The minimum absolute atomic E-state index is 0.0508. The van der Waals surface area contributed by atoms with E-state index in [0.717, 1.165) is 36.8 Å². The molecule has 1 atom stereocenters. The summed E-state index contributed by atoms with van der Waals surface area (Å²) in [6.45, 7) is 10.7.